The maximum Gasteiger partial charge on any atom is 0.305 e. The third-order valence-electron chi connectivity index (χ3n) is 2.87. The Morgan fingerprint density at radius 1 is 1.24 bits per heavy atom. The summed E-state index contributed by atoms with van der Waals surface area (Å²) in [5, 5.41) is 22.2. The van der Waals surface area contributed by atoms with E-state index in [1.54, 1.807) is 26.0 Å². The average Bonchev–Trinajstić information content (AvgIpc) is 2.77. The number of thiophene rings is 1. The van der Waals surface area contributed by atoms with Gasteiger partial charge in [-0.1, -0.05) is 19.9 Å². The van der Waals surface area contributed by atoms with Crippen LogP contribution in [0.15, 0.2) is 17.5 Å². The molecule has 0 aliphatic heterocycles. The maximum atomic E-state index is 12.0. The van der Waals surface area contributed by atoms with Gasteiger partial charge in [-0.05, 0) is 16.9 Å². The first-order valence-electron chi connectivity index (χ1n) is 6.46. The van der Waals surface area contributed by atoms with Gasteiger partial charge in [-0.3, -0.25) is 14.4 Å². The molecule has 0 fully saturated rings. The highest BCUT2D eigenvalue weighted by Gasteiger charge is 2.27. The van der Waals surface area contributed by atoms with Crippen molar-refractivity contribution in [3.63, 3.8) is 0 Å². The van der Waals surface area contributed by atoms with Crippen LogP contribution in [0.1, 0.15) is 44.0 Å². The van der Waals surface area contributed by atoms with Crippen LogP contribution in [0, 0.1) is 5.41 Å². The molecule has 1 rings (SSSR count). The lowest BCUT2D eigenvalue weighted by Crippen LogP contribution is -2.33. The zero-order chi connectivity index (χ0) is 16.0. The van der Waals surface area contributed by atoms with E-state index in [9.17, 15) is 14.4 Å². The fourth-order valence-corrected chi connectivity index (χ4v) is 2.82. The first-order valence-corrected chi connectivity index (χ1v) is 7.34. The number of carboxylic acids is 2. The van der Waals surface area contributed by atoms with E-state index in [1.165, 1.54) is 11.3 Å². The van der Waals surface area contributed by atoms with E-state index in [-0.39, 0.29) is 25.2 Å². The summed E-state index contributed by atoms with van der Waals surface area (Å²) in [5.74, 6) is -2.31. The summed E-state index contributed by atoms with van der Waals surface area (Å²) in [6, 6.07) is 2.96. The molecule has 0 bridgehead atoms. The average molecular weight is 313 g/mol. The van der Waals surface area contributed by atoms with Gasteiger partial charge >= 0.3 is 11.9 Å². The van der Waals surface area contributed by atoms with E-state index in [0.717, 1.165) is 4.88 Å². The number of carbonyl (C=O) groups excluding carboxylic acids is 1. The number of nitrogens with one attached hydrogen (secondary N) is 1. The molecule has 0 saturated carbocycles. The molecular weight excluding hydrogens is 294 g/mol. The highest BCUT2D eigenvalue weighted by molar-refractivity contribution is 7.10. The molecule has 0 aliphatic rings. The van der Waals surface area contributed by atoms with E-state index in [0.29, 0.717) is 0 Å². The summed E-state index contributed by atoms with van der Waals surface area (Å²) in [4.78, 5) is 34.4. The lowest BCUT2D eigenvalue weighted by atomic mass is 9.85. The Morgan fingerprint density at radius 3 is 2.38 bits per heavy atom. The van der Waals surface area contributed by atoms with E-state index in [2.05, 4.69) is 5.32 Å². The van der Waals surface area contributed by atoms with Gasteiger partial charge in [-0.15, -0.1) is 11.3 Å². The predicted octanol–water partition coefficient (Wildman–Crippen LogP) is 2.27. The van der Waals surface area contributed by atoms with E-state index >= 15 is 0 Å². The maximum absolute atomic E-state index is 12.0. The zero-order valence-electron chi connectivity index (χ0n) is 12.0. The zero-order valence-corrected chi connectivity index (χ0v) is 12.8. The summed E-state index contributed by atoms with van der Waals surface area (Å²) >= 11 is 1.37. The van der Waals surface area contributed by atoms with Crippen LogP contribution < -0.4 is 5.32 Å². The fourth-order valence-electron chi connectivity index (χ4n) is 2.04. The number of carbonyl (C=O) groups is 3. The Kier molecular flexibility index (Phi) is 5.90. The molecule has 3 N–H and O–H groups in total. The highest BCUT2D eigenvalue weighted by Crippen LogP contribution is 2.27. The molecule has 21 heavy (non-hydrogen) atoms. The van der Waals surface area contributed by atoms with Gasteiger partial charge in [0.15, 0.2) is 0 Å². The molecule has 1 aromatic rings. The second kappa shape index (κ2) is 7.21. The van der Waals surface area contributed by atoms with Gasteiger partial charge in [0.1, 0.15) is 0 Å². The van der Waals surface area contributed by atoms with Gasteiger partial charge in [0, 0.05) is 11.3 Å². The van der Waals surface area contributed by atoms with Crippen molar-refractivity contribution in [2.75, 3.05) is 0 Å². The van der Waals surface area contributed by atoms with Crippen LogP contribution in [-0.2, 0) is 14.4 Å². The number of amides is 1. The Hall–Kier alpha value is -1.89. The first kappa shape index (κ1) is 17.2. The van der Waals surface area contributed by atoms with Gasteiger partial charge in [-0.2, -0.15) is 0 Å². The summed E-state index contributed by atoms with van der Waals surface area (Å²) in [7, 11) is 0. The molecule has 1 aromatic heterocycles. The normalized spacial score (nSPS) is 12.7. The smallest absolute Gasteiger partial charge is 0.305 e. The van der Waals surface area contributed by atoms with Crippen LogP contribution in [0.25, 0.3) is 0 Å². The quantitative estimate of drug-likeness (QED) is 0.683. The van der Waals surface area contributed by atoms with Gasteiger partial charge < -0.3 is 15.5 Å². The molecule has 1 heterocycles. The first-order chi connectivity index (χ1) is 9.69. The number of aliphatic carboxylic acids is 2. The minimum absolute atomic E-state index is 0.0286. The second-order valence-corrected chi connectivity index (χ2v) is 6.62. The molecule has 7 heteroatoms. The molecule has 116 valence electrons. The largest absolute Gasteiger partial charge is 0.481 e. The van der Waals surface area contributed by atoms with E-state index in [4.69, 9.17) is 10.2 Å². The Balaban J connectivity index is 2.68. The van der Waals surface area contributed by atoms with E-state index < -0.39 is 23.4 Å². The number of carboxylic acid groups (broad SMARTS) is 2. The lowest BCUT2D eigenvalue weighted by Gasteiger charge is -2.23. The topological polar surface area (TPSA) is 104 Å². The number of hydrogen-bond donors (Lipinski definition) is 3. The van der Waals surface area contributed by atoms with Gasteiger partial charge in [0.2, 0.25) is 5.91 Å². The third-order valence-corrected chi connectivity index (χ3v) is 3.86. The molecule has 0 aliphatic carbocycles. The summed E-state index contributed by atoms with van der Waals surface area (Å²) in [5.41, 5.74) is -0.681. The van der Waals surface area contributed by atoms with Crippen molar-refractivity contribution in [2.24, 2.45) is 5.41 Å². The molecule has 0 saturated heterocycles. The van der Waals surface area contributed by atoms with Crippen molar-refractivity contribution in [1.29, 1.82) is 0 Å². The minimum Gasteiger partial charge on any atom is -0.481 e. The van der Waals surface area contributed by atoms with Crippen LogP contribution in [0.2, 0.25) is 0 Å². The molecule has 0 spiro atoms. The highest BCUT2D eigenvalue weighted by atomic mass is 32.1. The molecule has 0 aromatic carbocycles. The standard InChI is InChI=1S/C14H19NO5S/c1-14(2,8-13(19)20)7-11(16)15-9(6-12(17)18)10-4-3-5-21-10/h3-5,9H,6-8H2,1-2H3,(H,15,16)(H,17,18)(H,19,20). The van der Waals surface area contributed by atoms with Crippen LogP contribution in [0.4, 0.5) is 0 Å². The summed E-state index contributed by atoms with van der Waals surface area (Å²) < 4.78 is 0. The Bertz CT molecular complexity index is 509. The minimum atomic E-state index is -1.00. The predicted molar refractivity (Wildman–Crippen MR) is 78.1 cm³/mol. The van der Waals surface area contributed by atoms with Gasteiger partial charge in [-0.25, -0.2) is 0 Å². The van der Waals surface area contributed by atoms with Gasteiger partial charge in [0.25, 0.3) is 0 Å². The Morgan fingerprint density at radius 2 is 1.90 bits per heavy atom. The Labute approximate surface area is 126 Å². The molecule has 6 nitrogen and oxygen atoms in total. The van der Waals surface area contributed by atoms with Crippen molar-refractivity contribution in [2.45, 2.75) is 39.2 Å². The number of hydrogen-bond acceptors (Lipinski definition) is 4. The van der Waals surface area contributed by atoms with Crippen LogP contribution in [0.3, 0.4) is 0 Å². The molecule has 1 amide bonds. The van der Waals surface area contributed by atoms with Crippen molar-refractivity contribution in [1.82, 2.24) is 5.32 Å². The third kappa shape index (κ3) is 6.40. The molecule has 0 radical (unpaired) electrons. The molecule has 1 unspecified atom stereocenters. The van der Waals surface area contributed by atoms with Crippen molar-refractivity contribution in [3.8, 4) is 0 Å². The van der Waals surface area contributed by atoms with Crippen molar-refractivity contribution >= 4 is 29.2 Å². The lowest BCUT2D eigenvalue weighted by molar-refractivity contribution is -0.139. The molecular formula is C14H19NO5S. The monoisotopic (exact) mass is 313 g/mol. The summed E-state index contributed by atoms with van der Waals surface area (Å²) in [6.45, 7) is 3.39. The van der Waals surface area contributed by atoms with Crippen molar-refractivity contribution in [3.05, 3.63) is 22.4 Å². The number of rotatable bonds is 8. The second-order valence-electron chi connectivity index (χ2n) is 5.64. The molecule has 1 atom stereocenters. The van der Waals surface area contributed by atoms with E-state index in [1.807, 2.05) is 5.38 Å². The van der Waals surface area contributed by atoms with Crippen LogP contribution >= 0.6 is 11.3 Å². The van der Waals surface area contributed by atoms with Gasteiger partial charge in [0.05, 0.1) is 18.9 Å². The SMILES string of the molecule is CC(C)(CC(=O)O)CC(=O)NC(CC(=O)O)c1cccs1. The fraction of sp³-hybridized carbons (Fsp3) is 0.500. The van der Waals surface area contributed by atoms with Crippen LogP contribution in [0.5, 0.6) is 0 Å². The van der Waals surface area contributed by atoms with Crippen molar-refractivity contribution < 1.29 is 24.6 Å². The van der Waals surface area contributed by atoms with Crippen LogP contribution in [-0.4, -0.2) is 28.1 Å². The summed E-state index contributed by atoms with van der Waals surface area (Å²) in [6.07, 6.45) is -0.296.